The van der Waals surface area contributed by atoms with Crippen molar-refractivity contribution >= 4 is 26.0 Å². The van der Waals surface area contributed by atoms with Crippen LogP contribution in [0.25, 0.3) is 0 Å². The molecule has 0 amide bonds. The second-order valence-corrected chi connectivity index (χ2v) is 7.99. The lowest BCUT2D eigenvalue weighted by Gasteiger charge is -2.09. The standard InChI is InChI=1S/C16H16BrNO2S/c1-11-7-8-13(17)9-16(11)21(19,20)18-15-10-14(15)12-5-3-2-4-6-12/h2-9,14-15,18H,10H2,1H3. The normalized spacial score (nSPS) is 21.2. The zero-order valence-corrected chi connectivity index (χ0v) is 14.0. The summed E-state index contributed by atoms with van der Waals surface area (Å²) < 4.78 is 28.6. The van der Waals surface area contributed by atoms with E-state index in [1.807, 2.05) is 43.3 Å². The van der Waals surface area contributed by atoms with Gasteiger partial charge in [0.1, 0.15) is 0 Å². The highest BCUT2D eigenvalue weighted by Gasteiger charge is 2.41. The molecule has 3 rings (SSSR count). The Morgan fingerprint density at radius 1 is 1.14 bits per heavy atom. The lowest BCUT2D eigenvalue weighted by Crippen LogP contribution is -2.27. The predicted molar refractivity (Wildman–Crippen MR) is 86.8 cm³/mol. The second kappa shape index (κ2) is 5.55. The predicted octanol–water partition coefficient (Wildman–Crippen LogP) is 3.59. The van der Waals surface area contributed by atoms with Gasteiger partial charge >= 0.3 is 0 Å². The summed E-state index contributed by atoms with van der Waals surface area (Å²) in [6.07, 6.45) is 0.857. The Labute approximate surface area is 133 Å². The highest BCUT2D eigenvalue weighted by atomic mass is 79.9. The number of rotatable bonds is 4. The van der Waals surface area contributed by atoms with Gasteiger partial charge in [-0.2, -0.15) is 0 Å². The van der Waals surface area contributed by atoms with Crippen LogP contribution in [-0.4, -0.2) is 14.5 Å². The first-order chi connectivity index (χ1) is 9.97. The number of sulfonamides is 1. The molecule has 2 atom stereocenters. The molecule has 1 N–H and O–H groups in total. The zero-order chi connectivity index (χ0) is 15.0. The molecule has 2 aromatic carbocycles. The van der Waals surface area contributed by atoms with Gasteiger partial charge in [-0.15, -0.1) is 0 Å². The first-order valence-electron chi connectivity index (χ1n) is 6.81. The molecular weight excluding hydrogens is 350 g/mol. The number of aryl methyl sites for hydroxylation is 1. The van der Waals surface area contributed by atoms with Crippen LogP contribution in [-0.2, 0) is 10.0 Å². The second-order valence-electron chi connectivity index (χ2n) is 5.39. The maximum Gasteiger partial charge on any atom is 0.241 e. The fraction of sp³-hybridized carbons (Fsp3) is 0.250. The van der Waals surface area contributed by atoms with Crippen LogP contribution in [0, 0.1) is 6.92 Å². The topological polar surface area (TPSA) is 46.2 Å². The van der Waals surface area contributed by atoms with Gasteiger partial charge in [0.2, 0.25) is 10.0 Å². The summed E-state index contributed by atoms with van der Waals surface area (Å²) in [5.74, 6) is 0.286. The van der Waals surface area contributed by atoms with Crippen molar-refractivity contribution in [3.8, 4) is 0 Å². The Kier molecular flexibility index (Phi) is 3.90. The first-order valence-corrected chi connectivity index (χ1v) is 9.08. The Morgan fingerprint density at radius 3 is 2.57 bits per heavy atom. The summed E-state index contributed by atoms with van der Waals surface area (Å²) in [6, 6.07) is 15.3. The summed E-state index contributed by atoms with van der Waals surface area (Å²) in [6.45, 7) is 1.81. The molecule has 2 aromatic rings. The van der Waals surface area contributed by atoms with Crippen molar-refractivity contribution < 1.29 is 8.42 Å². The van der Waals surface area contributed by atoms with E-state index in [9.17, 15) is 8.42 Å². The molecule has 1 aliphatic carbocycles. The quantitative estimate of drug-likeness (QED) is 0.899. The van der Waals surface area contributed by atoms with E-state index in [0.29, 0.717) is 4.90 Å². The van der Waals surface area contributed by atoms with E-state index in [1.165, 1.54) is 5.56 Å². The van der Waals surface area contributed by atoms with Crippen LogP contribution in [0.15, 0.2) is 57.9 Å². The lowest BCUT2D eigenvalue weighted by molar-refractivity contribution is 0.579. The molecule has 1 saturated carbocycles. The third-order valence-corrected chi connectivity index (χ3v) is 5.89. The van der Waals surface area contributed by atoms with Crippen molar-refractivity contribution in [3.63, 3.8) is 0 Å². The summed E-state index contributed by atoms with van der Waals surface area (Å²) in [5, 5.41) is 0. The molecule has 0 bridgehead atoms. The van der Waals surface area contributed by atoms with Gasteiger partial charge < -0.3 is 0 Å². The molecule has 5 heteroatoms. The molecule has 0 spiro atoms. The number of hydrogen-bond donors (Lipinski definition) is 1. The van der Waals surface area contributed by atoms with Crippen LogP contribution >= 0.6 is 15.9 Å². The van der Waals surface area contributed by atoms with Crippen molar-refractivity contribution in [2.45, 2.75) is 30.2 Å². The zero-order valence-electron chi connectivity index (χ0n) is 11.6. The van der Waals surface area contributed by atoms with Crippen molar-refractivity contribution in [2.24, 2.45) is 0 Å². The third-order valence-electron chi connectivity index (χ3n) is 3.76. The molecule has 110 valence electrons. The van der Waals surface area contributed by atoms with E-state index >= 15 is 0 Å². The minimum absolute atomic E-state index is 0.00391. The van der Waals surface area contributed by atoms with Crippen molar-refractivity contribution in [2.75, 3.05) is 0 Å². The van der Waals surface area contributed by atoms with Crippen molar-refractivity contribution in [1.29, 1.82) is 0 Å². The van der Waals surface area contributed by atoms with E-state index in [-0.39, 0.29) is 12.0 Å². The van der Waals surface area contributed by atoms with Gasteiger partial charge in [-0.1, -0.05) is 52.3 Å². The van der Waals surface area contributed by atoms with Crippen LogP contribution < -0.4 is 4.72 Å². The van der Waals surface area contributed by atoms with Crippen LogP contribution in [0.5, 0.6) is 0 Å². The summed E-state index contributed by atoms with van der Waals surface area (Å²) >= 11 is 3.33. The molecule has 0 heterocycles. The number of nitrogens with one attached hydrogen (secondary N) is 1. The van der Waals surface area contributed by atoms with Crippen LogP contribution in [0.4, 0.5) is 0 Å². The highest BCUT2D eigenvalue weighted by molar-refractivity contribution is 9.10. The molecule has 0 aromatic heterocycles. The average molecular weight is 366 g/mol. The monoisotopic (exact) mass is 365 g/mol. The Bertz CT molecular complexity index is 759. The maximum atomic E-state index is 12.5. The fourth-order valence-corrected chi connectivity index (χ4v) is 4.59. The molecule has 0 aliphatic heterocycles. The number of benzene rings is 2. The Balaban J connectivity index is 1.78. The molecular formula is C16H16BrNO2S. The maximum absolute atomic E-state index is 12.5. The summed E-state index contributed by atoms with van der Waals surface area (Å²) in [5.41, 5.74) is 1.94. The van der Waals surface area contributed by atoms with Crippen LogP contribution in [0.3, 0.4) is 0 Å². The van der Waals surface area contributed by atoms with E-state index < -0.39 is 10.0 Å². The average Bonchev–Trinajstić information content (AvgIpc) is 3.21. The molecule has 1 fully saturated rings. The van der Waals surface area contributed by atoms with Gasteiger partial charge in [-0.25, -0.2) is 13.1 Å². The number of hydrogen-bond acceptors (Lipinski definition) is 2. The highest BCUT2D eigenvalue weighted by Crippen LogP contribution is 2.41. The van der Waals surface area contributed by atoms with E-state index in [0.717, 1.165) is 16.5 Å². The van der Waals surface area contributed by atoms with Gasteiger partial charge in [0.05, 0.1) is 4.90 Å². The van der Waals surface area contributed by atoms with Gasteiger partial charge in [0.25, 0.3) is 0 Å². The van der Waals surface area contributed by atoms with Crippen LogP contribution in [0.2, 0.25) is 0 Å². The lowest BCUT2D eigenvalue weighted by atomic mass is 10.1. The SMILES string of the molecule is Cc1ccc(Br)cc1S(=O)(=O)NC1CC1c1ccccc1. The van der Waals surface area contributed by atoms with Crippen molar-refractivity contribution in [1.82, 2.24) is 4.72 Å². The van der Waals surface area contributed by atoms with E-state index in [1.54, 1.807) is 12.1 Å². The Hall–Kier alpha value is -1.17. The molecule has 2 unspecified atom stereocenters. The molecule has 1 aliphatic rings. The smallest absolute Gasteiger partial charge is 0.207 e. The van der Waals surface area contributed by atoms with Gasteiger partial charge in [0, 0.05) is 16.4 Å². The minimum Gasteiger partial charge on any atom is -0.207 e. The minimum atomic E-state index is -3.47. The van der Waals surface area contributed by atoms with Gasteiger partial charge in [-0.3, -0.25) is 0 Å². The summed E-state index contributed by atoms with van der Waals surface area (Å²) in [4.78, 5) is 0.343. The molecule has 3 nitrogen and oxygen atoms in total. The van der Waals surface area contributed by atoms with E-state index in [4.69, 9.17) is 0 Å². The summed E-state index contributed by atoms with van der Waals surface area (Å²) in [7, 11) is -3.47. The van der Waals surface area contributed by atoms with Gasteiger partial charge in [-0.05, 0) is 36.6 Å². The van der Waals surface area contributed by atoms with E-state index in [2.05, 4.69) is 20.7 Å². The van der Waals surface area contributed by atoms with Crippen molar-refractivity contribution in [3.05, 3.63) is 64.1 Å². The largest absolute Gasteiger partial charge is 0.241 e. The van der Waals surface area contributed by atoms with Crippen LogP contribution in [0.1, 0.15) is 23.5 Å². The molecule has 0 saturated heterocycles. The Morgan fingerprint density at radius 2 is 1.86 bits per heavy atom. The molecule has 21 heavy (non-hydrogen) atoms. The third kappa shape index (κ3) is 3.20. The van der Waals surface area contributed by atoms with Gasteiger partial charge in [0.15, 0.2) is 0 Å². The fourth-order valence-electron chi connectivity index (χ4n) is 2.52. The number of halogens is 1. The molecule has 0 radical (unpaired) electrons. The first kappa shape index (κ1) is 14.8.